The summed E-state index contributed by atoms with van der Waals surface area (Å²) >= 11 is 0. The summed E-state index contributed by atoms with van der Waals surface area (Å²) in [6.07, 6.45) is 8.67. The topological polar surface area (TPSA) is 41.4 Å². The Morgan fingerprint density at radius 1 is 1.12 bits per heavy atom. The SMILES string of the molecule is C1=NCc2nc(N3CCCCC3)ncc2C1. The number of nitrogens with zero attached hydrogens (tertiary/aromatic N) is 4. The van der Waals surface area contributed by atoms with Crippen molar-refractivity contribution in [1.29, 1.82) is 0 Å². The lowest BCUT2D eigenvalue weighted by atomic mass is 10.1. The predicted molar refractivity (Wildman–Crippen MR) is 64.0 cm³/mol. The Hall–Kier alpha value is -1.45. The molecular formula is C12H16N4. The van der Waals surface area contributed by atoms with Gasteiger partial charge in [0.15, 0.2) is 0 Å². The van der Waals surface area contributed by atoms with Crippen LogP contribution in [-0.4, -0.2) is 29.3 Å². The first-order valence-corrected chi connectivity index (χ1v) is 6.01. The van der Waals surface area contributed by atoms with Crippen LogP contribution in [-0.2, 0) is 13.0 Å². The molecule has 0 aliphatic carbocycles. The zero-order valence-electron chi connectivity index (χ0n) is 9.39. The summed E-state index contributed by atoms with van der Waals surface area (Å²) in [6, 6.07) is 0. The predicted octanol–water partition coefficient (Wildman–Crippen LogP) is 1.59. The highest BCUT2D eigenvalue weighted by Crippen LogP contribution is 2.18. The van der Waals surface area contributed by atoms with E-state index < -0.39 is 0 Å². The van der Waals surface area contributed by atoms with E-state index in [0.29, 0.717) is 0 Å². The molecule has 1 aromatic heterocycles. The lowest BCUT2D eigenvalue weighted by Gasteiger charge is -2.27. The minimum Gasteiger partial charge on any atom is -0.341 e. The van der Waals surface area contributed by atoms with Crippen molar-refractivity contribution in [2.45, 2.75) is 32.2 Å². The molecule has 0 bridgehead atoms. The molecule has 0 amide bonds. The fourth-order valence-corrected chi connectivity index (χ4v) is 2.30. The van der Waals surface area contributed by atoms with Gasteiger partial charge in [-0.25, -0.2) is 9.97 Å². The normalized spacial score (nSPS) is 19.6. The fraction of sp³-hybridized carbons (Fsp3) is 0.583. The molecule has 4 heteroatoms. The molecule has 3 heterocycles. The first-order valence-electron chi connectivity index (χ1n) is 6.01. The number of aliphatic imine (C=N–C) groups is 1. The van der Waals surface area contributed by atoms with Crippen molar-refractivity contribution in [3.8, 4) is 0 Å². The first kappa shape index (κ1) is 9.75. The summed E-state index contributed by atoms with van der Waals surface area (Å²) in [7, 11) is 0. The van der Waals surface area contributed by atoms with Crippen molar-refractivity contribution in [2.75, 3.05) is 18.0 Å². The molecule has 0 radical (unpaired) electrons. The van der Waals surface area contributed by atoms with Crippen molar-refractivity contribution in [3.05, 3.63) is 17.5 Å². The van der Waals surface area contributed by atoms with Gasteiger partial charge < -0.3 is 4.90 Å². The van der Waals surface area contributed by atoms with Crippen molar-refractivity contribution >= 4 is 12.2 Å². The summed E-state index contributed by atoms with van der Waals surface area (Å²) in [4.78, 5) is 15.7. The maximum absolute atomic E-state index is 4.64. The molecule has 0 spiro atoms. The van der Waals surface area contributed by atoms with Gasteiger partial charge in [0.2, 0.25) is 5.95 Å². The molecule has 4 nitrogen and oxygen atoms in total. The highest BCUT2D eigenvalue weighted by atomic mass is 15.3. The van der Waals surface area contributed by atoms with Crippen molar-refractivity contribution in [3.63, 3.8) is 0 Å². The second-order valence-corrected chi connectivity index (χ2v) is 4.42. The van der Waals surface area contributed by atoms with E-state index in [4.69, 9.17) is 0 Å². The standard InChI is InChI=1S/C12H16N4/c1-2-6-16(7-3-1)12-14-8-10-4-5-13-9-11(10)15-12/h5,8H,1-4,6-7,9H2. The molecule has 1 aromatic rings. The highest BCUT2D eigenvalue weighted by Gasteiger charge is 2.16. The van der Waals surface area contributed by atoms with Crippen LogP contribution in [0.3, 0.4) is 0 Å². The minimum absolute atomic E-state index is 0.721. The van der Waals surface area contributed by atoms with Gasteiger partial charge in [-0.1, -0.05) is 0 Å². The molecule has 84 valence electrons. The molecule has 2 aliphatic heterocycles. The molecule has 1 fully saturated rings. The number of aromatic nitrogens is 2. The van der Waals surface area contributed by atoms with Crippen LogP contribution < -0.4 is 4.90 Å². The van der Waals surface area contributed by atoms with Gasteiger partial charge in [-0.05, 0) is 24.8 Å². The second-order valence-electron chi connectivity index (χ2n) is 4.42. The lowest BCUT2D eigenvalue weighted by Crippen LogP contribution is -2.31. The van der Waals surface area contributed by atoms with Crippen molar-refractivity contribution in [1.82, 2.24) is 9.97 Å². The van der Waals surface area contributed by atoms with Gasteiger partial charge in [0.05, 0.1) is 12.2 Å². The molecule has 2 aliphatic rings. The summed E-state index contributed by atoms with van der Waals surface area (Å²) in [5, 5.41) is 0. The summed E-state index contributed by atoms with van der Waals surface area (Å²) < 4.78 is 0. The Bertz CT molecular complexity index is 407. The first-order chi connectivity index (χ1) is 7.93. The summed E-state index contributed by atoms with van der Waals surface area (Å²) in [5.41, 5.74) is 2.34. The Labute approximate surface area is 95.4 Å². The fourth-order valence-electron chi connectivity index (χ4n) is 2.30. The van der Waals surface area contributed by atoms with Gasteiger partial charge in [0.25, 0.3) is 0 Å². The Morgan fingerprint density at radius 2 is 2.00 bits per heavy atom. The van der Waals surface area contributed by atoms with Crippen LogP contribution in [0.1, 0.15) is 30.5 Å². The Balaban J connectivity index is 1.85. The average Bonchev–Trinajstić information content (AvgIpc) is 2.39. The molecule has 0 saturated carbocycles. The van der Waals surface area contributed by atoms with Crippen molar-refractivity contribution < 1.29 is 0 Å². The molecule has 0 N–H and O–H groups in total. The van der Waals surface area contributed by atoms with Gasteiger partial charge in [-0.3, -0.25) is 4.99 Å². The van der Waals surface area contributed by atoms with Crippen LogP contribution in [0.4, 0.5) is 5.95 Å². The van der Waals surface area contributed by atoms with Crippen LogP contribution in [0, 0.1) is 0 Å². The van der Waals surface area contributed by atoms with E-state index in [1.807, 2.05) is 12.4 Å². The quantitative estimate of drug-likeness (QED) is 0.716. The third kappa shape index (κ3) is 1.79. The average molecular weight is 216 g/mol. The third-order valence-corrected chi connectivity index (χ3v) is 3.26. The number of anilines is 1. The Kier molecular flexibility index (Phi) is 2.56. The van der Waals surface area contributed by atoms with Crippen LogP contribution in [0.2, 0.25) is 0 Å². The number of rotatable bonds is 1. The maximum atomic E-state index is 4.64. The van der Waals surface area contributed by atoms with Crippen LogP contribution >= 0.6 is 0 Å². The monoisotopic (exact) mass is 216 g/mol. The summed E-state index contributed by atoms with van der Waals surface area (Å²) in [5.74, 6) is 0.899. The van der Waals surface area contributed by atoms with E-state index in [1.54, 1.807) is 0 Å². The summed E-state index contributed by atoms with van der Waals surface area (Å²) in [6.45, 7) is 2.92. The maximum Gasteiger partial charge on any atom is 0.225 e. The number of hydrogen-bond acceptors (Lipinski definition) is 4. The minimum atomic E-state index is 0.721. The van der Waals surface area contributed by atoms with E-state index in [2.05, 4.69) is 19.9 Å². The molecule has 1 saturated heterocycles. The second kappa shape index (κ2) is 4.20. The van der Waals surface area contributed by atoms with Crippen LogP contribution in [0.5, 0.6) is 0 Å². The lowest BCUT2D eigenvalue weighted by molar-refractivity contribution is 0.567. The van der Waals surface area contributed by atoms with E-state index >= 15 is 0 Å². The zero-order valence-corrected chi connectivity index (χ0v) is 9.39. The van der Waals surface area contributed by atoms with Gasteiger partial charge in [-0.2, -0.15) is 0 Å². The number of piperidine rings is 1. The molecule has 0 unspecified atom stereocenters. The molecular weight excluding hydrogens is 200 g/mol. The van der Waals surface area contributed by atoms with E-state index in [0.717, 1.165) is 37.7 Å². The highest BCUT2D eigenvalue weighted by molar-refractivity contribution is 5.63. The van der Waals surface area contributed by atoms with Crippen molar-refractivity contribution in [2.24, 2.45) is 4.99 Å². The number of hydrogen-bond donors (Lipinski definition) is 0. The van der Waals surface area contributed by atoms with E-state index in [-0.39, 0.29) is 0 Å². The van der Waals surface area contributed by atoms with Gasteiger partial charge in [0.1, 0.15) is 0 Å². The Morgan fingerprint density at radius 3 is 2.88 bits per heavy atom. The van der Waals surface area contributed by atoms with Gasteiger partial charge in [0, 0.05) is 31.9 Å². The molecule has 0 aromatic carbocycles. The van der Waals surface area contributed by atoms with E-state index in [1.165, 1.54) is 24.8 Å². The molecule has 16 heavy (non-hydrogen) atoms. The zero-order chi connectivity index (χ0) is 10.8. The smallest absolute Gasteiger partial charge is 0.225 e. The van der Waals surface area contributed by atoms with Gasteiger partial charge >= 0.3 is 0 Å². The van der Waals surface area contributed by atoms with Crippen LogP contribution in [0.15, 0.2) is 11.2 Å². The molecule has 0 atom stereocenters. The third-order valence-electron chi connectivity index (χ3n) is 3.26. The number of fused-ring (bicyclic) bond motifs is 1. The van der Waals surface area contributed by atoms with Gasteiger partial charge in [-0.15, -0.1) is 0 Å². The van der Waals surface area contributed by atoms with E-state index in [9.17, 15) is 0 Å². The largest absolute Gasteiger partial charge is 0.341 e. The molecule has 3 rings (SSSR count). The van der Waals surface area contributed by atoms with Crippen LogP contribution in [0.25, 0.3) is 0 Å².